The van der Waals surface area contributed by atoms with E-state index in [-0.39, 0.29) is 11.9 Å². The largest absolute Gasteiger partial charge is 0.338 e. The highest BCUT2D eigenvalue weighted by Gasteiger charge is 2.32. The number of hydrogen-bond donors (Lipinski definition) is 1. The van der Waals surface area contributed by atoms with Crippen LogP contribution in [0.1, 0.15) is 29.6 Å². The van der Waals surface area contributed by atoms with E-state index in [1.54, 1.807) is 0 Å². The molecule has 1 saturated carbocycles. The van der Waals surface area contributed by atoms with Crippen LogP contribution in [0.15, 0.2) is 13.6 Å². The molecule has 0 spiro atoms. The zero-order chi connectivity index (χ0) is 13.3. The molecular formula is C12H16Br2N2OS. The number of amides is 1. The van der Waals surface area contributed by atoms with E-state index < -0.39 is 0 Å². The molecule has 0 aromatic carbocycles. The third kappa shape index (κ3) is 2.81. The first-order valence-corrected chi connectivity index (χ1v) is 8.37. The van der Waals surface area contributed by atoms with Crippen molar-refractivity contribution in [3.63, 3.8) is 0 Å². The minimum absolute atomic E-state index is 0.0779. The Morgan fingerprint density at radius 3 is 2.83 bits per heavy atom. The summed E-state index contributed by atoms with van der Waals surface area (Å²) in [7, 11) is 1.89. The number of thiophene rings is 1. The average Bonchev–Trinajstić information content (AvgIpc) is 2.93. The Balaban J connectivity index is 2.16. The summed E-state index contributed by atoms with van der Waals surface area (Å²) in [6.07, 6.45) is 3.36. The summed E-state index contributed by atoms with van der Waals surface area (Å²) in [5.74, 6) is 0.522. The van der Waals surface area contributed by atoms with Crippen molar-refractivity contribution >= 4 is 49.1 Å². The molecule has 1 aliphatic rings. The molecule has 1 heterocycles. The zero-order valence-electron chi connectivity index (χ0n) is 10.2. The Morgan fingerprint density at radius 1 is 1.56 bits per heavy atom. The SMILES string of the molecule is CN(C(=O)c1cc(Br)sc1Br)C1CCCC1CN. The van der Waals surface area contributed by atoms with Crippen molar-refractivity contribution in [3.8, 4) is 0 Å². The molecule has 1 aromatic heterocycles. The van der Waals surface area contributed by atoms with E-state index in [1.807, 2.05) is 18.0 Å². The van der Waals surface area contributed by atoms with Crippen LogP contribution in [0.5, 0.6) is 0 Å². The van der Waals surface area contributed by atoms with Gasteiger partial charge in [0.15, 0.2) is 0 Å². The molecule has 6 heteroatoms. The van der Waals surface area contributed by atoms with Crippen LogP contribution in [0.3, 0.4) is 0 Å². The fourth-order valence-electron chi connectivity index (χ4n) is 2.63. The second-order valence-corrected chi connectivity index (χ2v) is 8.40. The first-order chi connectivity index (χ1) is 8.54. The van der Waals surface area contributed by atoms with Crippen LogP contribution in [0.25, 0.3) is 0 Å². The van der Waals surface area contributed by atoms with Gasteiger partial charge in [-0.05, 0) is 63.2 Å². The Kier molecular flexibility index (Phi) is 4.86. The maximum absolute atomic E-state index is 12.5. The predicted octanol–water partition coefficient (Wildman–Crippen LogP) is 3.47. The van der Waals surface area contributed by atoms with E-state index in [0.29, 0.717) is 12.5 Å². The lowest BCUT2D eigenvalue weighted by Gasteiger charge is -2.29. The van der Waals surface area contributed by atoms with Crippen molar-refractivity contribution in [2.45, 2.75) is 25.3 Å². The lowest BCUT2D eigenvalue weighted by atomic mass is 10.0. The smallest absolute Gasteiger partial charge is 0.255 e. The van der Waals surface area contributed by atoms with E-state index in [4.69, 9.17) is 5.73 Å². The van der Waals surface area contributed by atoms with Gasteiger partial charge >= 0.3 is 0 Å². The number of nitrogens with two attached hydrogens (primary N) is 1. The van der Waals surface area contributed by atoms with Crippen LogP contribution >= 0.6 is 43.2 Å². The van der Waals surface area contributed by atoms with E-state index in [2.05, 4.69) is 31.9 Å². The molecule has 18 heavy (non-hydrogen) atoms. The lowest BCUT2D eigenvalue weighted by molar-refractivity contribution is 0.0699. The van der Waals surface area contributed by atoms with Crippen LogP contribution < -0.4 is 5.73 Å². The summed E-state index contributed by atoms with van der Waals surface area (Å²) in [5, 5.41) is 0. The molecule has 3 nitrogen and oxygen atoms in total. The van der Waals surface area contributed by atoms with Crippen LogP contribution in [0.4, 0.5) is 0 Å². The van der Waals surface area contributed by atoms with Crippen molar-refractivity contribution in [1.82, 2.24) is 4.90 Å². The maximum Gasteiger partial charge on any atom is 0.255 e. The van der Waals surface area contributed by atoms with Gasteiger partial charge < -0.3 is 10.6 Å². The van der Waals surface area contributed by atoms with Crippen molar-refractivity contribution in [3.05, 3.63) is 19.2 Å². The van der Waals surface area contributed by atoms with Gasteiger partial charge in [-0.3, -0.25) is 4.79 Å². The summed E-state index contributed by atoms with van der Waals surface area (Å²) in [6, 6.07) is 2.16. The van der Waals surface area contributed by atoms with Crippen LogP contribution in [0, 0.1) is 5.92 Å². The lowest BCUT2D eigenvalue weighted by Crippen LogP contribution is -2.41. The van der Waals surface area contributed by atoms with Gasteiger partial charge in [0.25, 0.3) is 5.91 Å². The molecule has 2 unspecified atom stereocenters. The summed E-state index contributed by atoms with van der Waals surface area (Å²) in [6.45, 7) is 0.663. The number of halogens is 2. The fourth-order valence-corrected chi connectivity index (χ4v) is 5.41. The monoisotopic (exact) mass is 394 g/mol. The zero-order valence-corrected chi connectivity index (χ0v) is 14.1. The highest BCUT2D eigenvalue weighted by molar-refractivity contribution is 9.12. The van der Waals surface area contributed by atoms with Gasteiger partial charge in [-0.2, -0.15) is 0 Å². The van der Waals surface area contributed by atoms with Gasteiger partial charge in [0, 0.05) is 13.1 Å². The maximum atomic E-state index is 12.5. The van der Waals surface area contributed by atoms with Crippen LogP contribution in [-0.4, -0.2) is 30.4 Å². The minimum atomic E-state index is 0.0779. The van der Waals surface area contributed by atoms with E-state index >= 15 is 0 Å². The van der Waals surface area contributed by atoms with Crippen LogP contribution in [-0.2, 0) is 0 Å². The van der Waals surface area contributed by atoms with E-state index in [0.717, 1.165) is 26.0 Å². The van der Waals surface area contributed by atoms with Gasteiger partial charge in [0.1, 0.15) is 0 Å². The molecule has 1 aliphatic carbocycles. The molecule has 1 aromatic rings. The van der Waals surface area contributed by atoms with Crippen molar-refractivity contribution < 1.29 is 4.79 Å². The highest BCUT2D eigenvalue weighted by atomic mass is 79.9. The molecule has 100 valence electrons. The molecule has 0 bridgehead atoms. The highest BCUT2D eigenvalue weighted by Crippen LogP contribution is 2.34. The Bertz CT molecular complexity index is 449. The molecule has 0 saturated heterocycles. The number of rotatable bonds is 3. The Morgan fingerprint density at radius 2 is 2.28 bits per heavy atom. The molecule has 1 fully saturated rings. The number of carbonyl (C=O) groups is 1. The summed E-state index contributed by atoms with van der Waals surface area (Å²) < 4.78 is 1.85. The molecular weight excluding hydrogens is 380 g/mol. The van der Waals surface area contributed by atoms with Crippen LogP contribution in [0.2, 0.25) is 0 Å². The quantitative estimate of drug-likeness (QED) is 0.851. The standard InChI is InChI=1S/C12H16Br2N2OS/c1-16(9-4-2-3-7(9)6-15)12(17)8-5-10(13)18-11(8)14/h5,7,9H,2-4,6,15H2,1H3. The van der Waals surface area contributed by atoms with Crippen molar-refractivity contribution in [2.24, 2.45) is 11.7 Å². The second-order valence-electron chi connectivity index (χ2n) is 4.65. The normalized spacial score (nSPS) is 23.3. The molecule has 2 atom stereocenters. The predicted molar refractivity (Wildman–Crippen MR) is 82.0 cm³/mol. The first kappa shape index (κ1) is 14.5. The first-order valence-electron chi connectivity index (χ1n) is 5.96. The van der Waals surface area contributed by atoms with E-state index in [9.17, 15) is 4.79 Å². The van der Waals surface area contributed by atoms with Crippen molar-refractivity contribution in [2.75, 3.05) is 13.6 Å². The molecule has 0 aliphatic heterocycles. The molecule has 2 N–H and O–H groups in total. The number of nitrogens with zero attached hydrogens (tertiary/aromatic N) is 1. The summed E-state index contributed by atoms with van der Waals surface area (Å²) in [4.78, 5) is 14.3. The number of carbonyl (C=O) groups excluding carboxylic acids is 1. The fraction of sp³-hybridized carbons (Fsp3) is 0.583. The molecule has 2 rings (SSSR count). The molecule has 1 amide bonds. The van der Waals surface area contributed by atoms with Crippen molar-refractivity contribution in [1.29, 1.82) is 0 Å². The third-order valence-electron chi connectivity index (χ3n) is 3.63. The summed E-state index contributed by atoms with van der Waals surface area (Å²) in [5.41, 5.74) is 6.52. The minimum Gasteiger partial charge on any atom is -0.338 e. The van der Waals surface area contributed by atoms with Gasteiger partial charge in [-0.1, -0.05) is 6.42 Å². The second kappa shape index (κ2) is 6.03. The average molecular weight is 396 g/mol. The topological polar surface area (TPSA) is 46.3 Å². The molecule has 0 radical (unpaired) electrons. The van der Waals surface area contributed by atoms with Gasteiger partial charge in [0.05, 0.1) is 13.1 Å². The van der Waals surface area contributed by atoms with Gasteiger partial charge in [-0.25, -0.2) is 0 Å². The Hall–Kier alpha value is 0.0900. The van der Waals surface area contributed by atoms with E-state index in [1.165, 1.54) is 17.8 Å². The van der Waals surface area contributed by atoms with Gasteiger partial charge in [-0.15, -0.1) is 11.3 Å². The summed E-state index contributed by atoms with van der Waals surface area (Å²) >= 11 is 8.38. The third-order valence-corrected chi connectivity index (χ3v) is 5.97. The van der Waals surface area contributed by atoms with Gasteiger partial charge in [0.2, 0.25) is 0 Å². The Labute approximate surface area is 128 Å². The number of hydrogen-bond acceptors (Lipinski definition) is 3.